The van der Waals surface area contributed by atoms with Gasteiger partial charge in [0.25, 0.3) is 0 Å². The Morgan fingerprint density at radius 1 is 0.706 bits per heavy atom. The molecule has 34 heavy (non-hydrogen) atoms. The molecule has 0 aromatic heterocycles. The molecule has 0 fully saturated rings. The molecule has 4 aromatic carbocycles. The summed E-state index contributed by atoms with van der Waals surface area (Å²) in [6.45, 7) is 0.341. The second kappa shape index (κ2) is 10.7. The van der Waals surface area contributed by atoms with Gasteiger partial charge in [-0.3, -0.25) is 4.79 Å². The number of hydrogen-bond donors (Lipinski definition) is 1. The molecule has 1 amide bonds. The van der Waals surface area contributed by atoms with Crippen molar-refractivity contribution in [3.63, 3.8) is 0 Å². The van der Waals surface area contributed by atoms with Crippen molar-refractivity contribution in [2.24, 2.45) is 0 Å². The standard InChI is InChI=1S/C30H29NO3/c1-33-27-18-19-28(34-2)23(20-27)22-31-29(32)21-30(24-12-6-3-7-13-24,25-14-8-4-9-15-25)26-16-10-5-11-17-26/h3-20H,21-22H2,1-2H3,(H,31,32). The number of methoxy groups -OCH3 is 2. The Hall–Kier alpha value is -4.05. The molecule has 4 aromatic rings. The Balaban J connectivity index is 1.72. The first kappa shape index (κ1) is 23.1. The summed E-state index contributed by atoms with van der Waals surface area (Å²) in [6, 6.07) is 36.3. The normalized spacial score (nSPS) is 11.0. The smallest absolute Gasteiger partial charge is 0.221 e. The third-order valence-electron chi connectivity index (χ3n) is 6.19. The molecular weight excluding hydrogens is 422 g/mol. The van der Waals surface area contributed by atoms with Gasteiger partial charge in [0.05, 0.1) is 19.6 Å². The molecule has 0 atom stereocenters. The third kappa shape index (κ3) is 4.81. The second-order valence-electron chi connectivity index (χ2n) is 8.13. The molecular formula is C30H29NO3. The Morgan fingerprint density at radius 3 is 1.65 bits per heavy atom. The minimum atomic E-state index is -0.633. The average molecular weight is 452 g/mol. The lowest BCUT2D eigenvalue weighted by atomic mass is 9.67. The number of nitrogens with one attached hydrogen (secondary N) is 1. The van der Waals surface area contributed by atoms with Crippen molar-refractivity contribution in [3.05, 3.63) is 131 Å². The maximum atomic E-state index is 13.5. The van der Waals surface area contributed by atoms with E-state index in [1.54, 1.807) is 14.2 Å². The molecule has 4 heteroatoms. The van der Waals surface area contributed by atoms with Gasteiger partial charge in [-0.05, 0) is 34.9 Å². The van der Waals surface area contributed by atoms with Crippen LogP contribution in [0.25, 0.3) is 0 Å². The van der Waals surface area contributed by atoms with E-state index in [0.29, 0.717) is 12.3 Å². The molecule has 0 heterocycles. The van der Waals surface area contributed by atoms with Gasteiger partial charge < -0.3 is 14.8 Å². The summed E-state index contributed by atoms with van der Waals surface area (Å²) in [5.41, 5.74) is 3.44. The second-order valence-corrected chi connectivity index (χ2v) is 8.13. The van der Waals surface area contributed by atoms with E-state index < -0.39 is 5.41 Å². The first-order chi connectivity index (χ1) is 16.7. The van der Waals surface area contributed by atoms with Gasteiger partial charge in [-0.2, -0.15) is 0 Å². The first-order valence-corrected chi connectivity index (χ1v) is 11.3. The highest BCUT2D eigenvalue weighted by atomic mass is 16.5. The lowest BCUT2D eigenvalue weighted by Gasteiger charge is -2.35. The van der Waals surface area contributed by atoms with Crippen molar-refractivity contribution < 1.29 is 14.3 Å². The van der Waals surface area contributed by atoms with Crippen LogP contribution in [-0.2, 0) is 16.8 Å². The Labute approximate surface area is 201 Å². The topological polar surface area (TPSA) is 47.6 Å². The maximum Gasteiger partial charge on any atom is 0.221 e. The molecule has 0 saturated heterocycles. The minimum absolute atomic E-state index is 0.0542. The summed E-state index contributed by atoms with van der Waals surface area (Å²) in [7, 11) is 3.25. The first-order valence-electron chi connectivity index (χ1n) is 11.3. The fourth-order valence-corrected chi connectivity index (χ4v) is 4.49. The van der Waals surface area contributed by atoms with Gasteiger partial charge in [0.2, 0.25) is 5.91 Å². The highest BCUT2D eigenvalue weighted by molar-refractivity contribution is 5.80. The number of rotatable bonds is 9. The van der Waals surface area contributed by atoms with Gasteiger partial charge in [-0.15, -0.1) is 0 Å². The number of amides is 1. The van der Waals surface area contributed by atoms with Gasteiger partial charge in [0.15, 0.2) is 0 Å². The highest BCUT2D eigenvalue weighted by Gasteiger charge is 2.38. The summed E-state index contributed by atoms with van der Waals surface area (Å²) in [5, 5.41) is 3.12. The van der Waals surface area contributed by atoms with Crippen LogP contribution in [0.3, 0.4) is 0 Å². The molecule has 0 aliphatic carbocycles. The van der Waals surface area contributed by atoms with E-state index in [0.717, 1.165) is 28.0 Å². The van der Waals surface area contributed by atoms with E-state index in [-0.39, 0.29) is 12.3 Å². The van der Waals surface area contributed by atoms with Crippen molar-refractivity contribution in [2.75, 3.05) is 14.2 Å². The van der Waals surface area contributed by atoms with Crippen molar-refractivity contribution in [3.8, 4) is 11.5 Å². The SMILES string of the molecule is COc1ccc(OC)c(CNC(=O)CC(c2ccccc2)(c2ccccc2)c2ccccc2)c1. The molecule has 0 bridgehead atoms. The van der Waals surface area contributed by atoms with Crippen LogP contribution in [0.15, 0.2) is 109 Å². The molecule has 0 radical (unpaired) electrons. The van der Waals surface area contributed by atoms with E-state index in [1.807, 2.05) is 72.8 Å². The summed E-state index contributed by atoms with van der Waals surface area (Å²) >= 11 is 0. The summed E-state index contributed by atoms with van der Waals surface area (Å²) in [6.07, 6.45) is 0.261. The summed E-state index contributed by atoms with van der Waals surface area (Å²) in [4.78, 5) is 13.5. The molecule has 4 rings (SSSR count). The summed E-state index contributed by atoms with van der Waals surface area (Å²) < 4.78 is 10.8. The van der Waals surface area contributed by atoms with Crippen molar-refractivity contribution in [1.82, 2.24) is 5.32 Å². The van der Waals surface area contributed by atoms with E-state index in [1.165, 1.54) is 0 Å². The monoisotopic (exact) mass is 451 g/mol. The number of ether oxygens (including phenoxy) is 2. The van der Waals surface area contributed by atoms with Crippen LogP contribution in [0.5, 0.6) is 11.5 Å². The lowest BCUT2D eigenvalue weighted by molar-refractivity contribution is -0.122. The molecule has 0 aliphatic heterocycles. The van der Waals surface area contributed by atoms with Crippen LogP contribution >= 0.6 is 0 Å². The minimum Gasteiger partial charge on any atom is -0.497 e. The van der Waals surface area contributed by atoms with Gasteiger partial charge in [0.1, 0.15) is 11.5 Å². The zero-order valence-corrected chi connectivity index (χ0v) is 19.5. The predicted molar refractivity (Wildman–Crippen MR) is 135 cm³/mol. The molecule has 0 aliphatic rings. The van der Waals surface area contributed by atoms with E-state index >= 15 is 0 Å². The zero-order chi connectivity index (χ0) is 23.8. The van der Waals surface area contributed by atoms with Crippen LogP contribution in [0.2, 0.25) is 0 Å². The lowest BCUT2D eigenvalue weighted by Crippen LogP contribution is -2.37. The fraction of sp³-hybridized carbons (Fsp3) is 0.167. The quantitative estimate of drug-likeness (QED) is 0.330. The van der Waals surface area contributed by atoms with Gasteiger partial charge in [0, 0.05) is 18.5 Å². The zero-order valence-electron chi connectivity index (χ0n) is 19.5. The van der Waals surface area contributed by atoms with Gasteiger partial charge >= 0.3 is 0 Å². The van der Waals surface area contributed by atoms with E-state index in [9.17, 15) is 4.79 Å². The molecule has 1 N–H and O–H groups in total. The molecule has 0 saturated carbocycles. The van der Waals surface area contributed by atoms with E-state index in [4.69, 9.17) is 9.47 Å². The largest absolute Gasteiger partial charge is 0.497 e. The Bertz CT molecular complexity index is 1110. The van der Waals surface area contributed by atoms with Crippen molar-refractivity contribution in [2.45, 2.75) is 18.4 Å². The van der Waals surface area contributed by atoms with Crippen LogP contribution in [0, 0.1) is 0 Å². The molecule has 4 nitrogen and oxygen atoms in total. The Kier molecular flexibility index (Phi) is 7.28. The number of carbonyl (C=O) groups excluding carboxylic acids is 1. The molecule has 0 unspecified atom stereocenters. The Morgan fingerprint density at radius 2 is 1.21 bits per heavy atom. The maximum absolute atomic E-state index is 13.5. The van der Waals surface area contributed by atoms with Crippen molar-refractivity contribution in [1.29, 1.82) is 0 Å². The van der Waals surface area contributed by atoms with Gasteiger partial charge in [-0.25, -0.2) is 0 Å². The van der Waals surface area contributed by atoms with Gasteiger partial charge in [-0.1, -0.05) is 91.0 Å². The summed E-state index contributed by atoms with van der Waals surface area (Å²) in [5.74, 6) is 1.38. The average Bonchev–Trinajstić information content (AvgIpc) is 2.92. The van der Waals surface area contributed by atoms with Crippen LogP contribution in [-0.4, -0.2) is 20.1 Å². The number of benzene rings is 4. The number of carbonyl (C=O) groups is 1. The molecule has 0 spiro atoms. The highest BCUT2D eigenvalue weighted by Crippen LogP contribution is 2.42. The van der Waals surface area contributed by atoms with Crippen LogP contribution in [0.4, 0.5) is 0 Å². The van der Waals surface area contributed by atoms with E-state index in [2.05, 4.69) is 41.7 Å². The fourth-order valence-electron chi connectivity index (χ4n) is 4.49. The molecule has 172 valence electrons. The predicted octanol–water partition coefficient (Wildman–Crippen LogP) is 5.74. The van der Waals surface area contributed by atoms with Crippen LogP contribution < -0.4 is 14.8 Å². The van der Waals surface area contributed by atoms with Crippen molar-refractivity contribution >= 4 is 5.91 Å². The number of hydrogen-bond acceptors (Lipinski definition) is 3. The van der Waals surface area contributed by atoms with Crippen LogP contribution in [0.1, 0.15) is 28.7 Å². The third-order valence-corrected chi connectivity index (χ3v) is 6.19.